The van der Waals surface area contributed by atoms with E-state index in [9.17, 15) is 9.59 Å². The maximum Gasteiger partial charge on any atom is 0.267 e. The first-order valence-corrected chi connectivity index (χ1v) is 10.5. The van der Waals surface area contributed by atoms with E-state index in [1.54, 1.807) is 62.4 Å². The zero-order valence-electron chi connectivity index (χ0n) is 16.7. The number of amides is 2. The summed E-state index contributed by atoms with van der Waals surface area (Å²) in [5, 5.41) is 15.3. The van der Waals surface area contributed by atoms with E-state index in [-0.39, 0.29) is 5.91 Å². The van der Waals surface area contributed by atoms with Gasteiger partial charge in [0, 0.05) is 5.02 Å². The Balaban J connectivity index is 1.73. The van der Waals surface area contributed by atoms with Crippen LogP contribution in [0.5, 0.6) is 5.75 Å². The van der Waals surface area contributed by atoms with Crippen LogP contribution in [0.4, 0.5) is 10.8 Å². The van der Waals surface area contributed by atoms with E-state index in [2.05, 4.69) is 20.8 Å². The lowest BCUT2D eigenvalue weighted by Gasteiger charge is -2.25. The van der Waals surface area contributed by atoms with E-state index in [1.165, 1.54) is 11.3 Å². The van der Waals surface area contributed by atoms with Crippen LogP contribution in [0, 0.1) is 0 Å². The smallest absolute Gasteiger partial charge is 0.267 e. The third kappa shape index (κ3) is 5.34. The van der Waals surface area contributed by atoms with Crippen LogP contribution in [0.2, 0.25) is 5.02 Å². The van der Waals surface area contributed by atoms with Crippen molar-refractivity contribution in [1.82, 2.24) is 10.2 Å². The van der Waals surface area contributed by atoms with Crippen molar-refractivity contribution in [2.45, 2.75) is 32.8 Å². The maximum absolute atomic E-state index is 12.9. The summed E-state index contributed by atoms with van der Waals surface area (Å²) >= 11 is 7.20. The summed E-state index contributed by atoms with van der Waals surface area (Å²) in [6.45, 7) is 5.26. The van der Waals surface area contributed by atoms with Gasteiger partial charge in [0.15, 0.2) is 5.60 Å². The summed E-state index contributed by atoms with van der Waals surface area (Å²) in [6, 6.07) is 13.5. The molecule has 0 saturated heterocycles. The van der Waals surface area contributed by atoms with Crippen LogP contribution in [0.15, 0.2) is 48.5 Å². The molecule has 1 heterocycles. The second kappa shape index (κ2) is 9.23. The summed E-state index contributed by atoms with van der Waals surface area (Å²) < 4.78 is 5.81. The summed E-state index contributed by atoms with van der Waals surface area (Å²) in [6.07, 6.45) is 0.739. The number of ether oxygens (including phenoxy) is 1. The van der Waals surface area contributed by atoms with E-state index >= 15 is 0 Å². The molecule has 0 aliphatic carbocycles. The minimum Gasteiger partial charge on any atom is -0.478 e. The molecule has 0 fully saturated rings. The number of anilines is 2. The number of nitrogens with zero attached hydrogens (tertiary/aromatic N) is 2. The van der Waals surface area contributed by atoms with Gasteiger partial charge in [0.25, 0.3) is 11.8 Å². The monoisotopic (exact) mass is 444 g/mol. The van der Waals surface area contributed by atoms with Crippen molar-refractivity contribution in [2.75, 3.05) is 10.6 Å². The third-order valence-electron chi connectivity index (χ3n) is 4.14. The molecule has 2 N–H and O–H groups in total. The molecule has 7 nitrogen and oxygen atoms in total. The number of hydrogen-bond acceptors (Lipinski definition) is 6. The fraction of sp³-hybridized carbons (Fsp3) is 0.238. The van der Waals surface area contributed by atoms with Gasteiger partial charge in [0.05, 0.1) is 11.3 Å². The molecule has 30 heavy (non-hydrogen) atoms. The number of nitrogens with one attached hydrogen (secondary N) is 2. The Labute approximate surface area is 183 Å². The van der Waals surface area contributed by atoms with Gasteiger partial charge in [0.2, 0.25) is 5.13 Å². The number of hydrogen-bond donors (Lipinski definition) is 2. The first-order chi connectivity index (χ1) is 14.3. The van der Waals surface area contributed by atoms with Gasteiger partial charge in [0.1, 0.15) is 10.8 Å². The highest BCUT2D eigenvalue weighted by Gasteiger charge is 2.31. The molecular formula is C21H21ClN4O3S. The Morgan fingerprint density at radius 1 is 1.07 bits per heavy atom. The van der Waals surface area contributed by atoms with Gasteiger partial charge in [-0.05, 0) is 56.7 Å². The molecule has 0 spiro atoms. The van der Waals surface area contributed by atoms with Crippen molar-refractivity contribution in [2.24, 2.45) is 0 Å². The van der Waals surface area contributed by atoms with Crippen molar-refractivity contribution in [3.63, 3.8) is 0 Å². The zero-order valence-corrected chi connectivity index (χ0v) is 18.3. The van der Waals surface area contributed by atoms with Crippen molar-refractivity contribution in [3.05, 3.63) is 64.1 Å². The predicted octanol–water partition coefficient (Wildman–Crippen LogP) is 4.80. The lowest BCUT2D eigenvalue weighted by molar-refractivity contribution is -0.128. The average Bonchev–Trinajstić information content (AvgIpc) is 3.17. The Bertz CT molecular complexity index is 1050. The van der Waals surface area contributed by atoms with Crippen LogP contribution in [0.3, 0.4) is 0 Å². The zero-order chi connectivity index (χ0) is 21.7. The topological polar surface area (TPSA) is 93.2 Å². The molecule has 3 rings (SSSR count). The maximum atomic E-state index is 12.9. The molecule has 0 atom stereocenters. The number of para-hydroxylation sites is 1. The molecule has 3 aromatic rings. The highest BCUT2D eigenvalue weighted by Crippen LogP contribution is 2.24. The molecule has 0 radical (unpaired) electrons. The Kier molecular flexibility index (Phi) is 6.69. The Morgan fingerprint density at radius 3 is 2.43 bits per heavy atom. The van der Waals surface area contributed by atoms with E-state index in [0.717, 1.165) is 11.4 Å². The lowest BCUT2D eigenvalue weighted by Crippen LogP contribution is -2.42. The molecule has 0 bridgehead atoms. The van der Waals surface area contributed by atoms with Crippen molar-refractivity contribution < 1.29 is 14.3 Å². The van der Waals surface area contributed by atoms with Crippen molar-refractivity contribution >= 4 is 45.6 Å². The van der Waals surface area contributed by atoms with E-state index < -0.39 is 11.5 Å². The number of rotatable bonds is 7. The minimum atomic E-state index is -1.19. The Hall–Kier alpha value is -2.97. The van der Waals surface area contributed by atoms with Crippen molar-refractivity contribution in [3.8, 4) is 5.75 Å². The van der Waals surface area contributed by atoms with Gasteiger partial charge >= 0.3 is 0 Å². The minimum absolute atomic E-state index is 0.307. The quantitative estimate of drug-likeness (QED) is 0.545. The average molecular weight is 445 g/mol. The molecule has 2 aromatic carbocycles. The van der Waals surface area contributed by atoms with E-state index in [1.807, 2.05) is 6.92 Å². The third-order valence-corrected chi connectivity index (χ3v) is 5.38. The fourth-order valence-corrected chi connectivity index (χ4v) is 3.32. The van der Waals surface area contributed by atoms with Crippen LogP contribution < -0.4 is 15.4 Å². The summed E-state index contributed by atoms with van der Waals surface area (Å²) in [4.78, 5) is 25.6. The largest absolute Gasteiger partial charge is 0.478 e. The molecule has 0 unspecified atom stereocenters. The lowest BCUT2D eigenvalue weighted by atomic mass is 10.1. The number of halogens is 1. The molecule has 9 heteroatoms. The highest BCUT2D eigenvalue weighted by atomic mass is 35.5. The van der Waals surface area contributed by atoms with Gasteiger partial charge in [-0.3, -0.25) is 14.9 Å². The van der Waals surface area contributed by atoms with Gasteiger partial charge < -0.3 is 10.1 Å². The summed E-state index contributed by atoms with van der Waals surface area (Å²) in [7, 11) is 0. The van der Waals surface area contributed by atoms with Crippen LogP contribution >= 0.6 is 22.9 Å². The molecule has 156 valence electrons. The first-order valence-electron chi connectivity index (χ1n) is 9.27. The molecular weight excluding hydrogens is 424 g/mol. The highest BCUT2D eigenvalue weighted by molar-refractivity contribution is 7.15. The van der Waals surface area contributed by atoms with Crippen LogP contribution in [-0.4, -0.2) is 27.6 Å². The van der Waals surface area contributed by atoms with E-state index in [4.69, 9.17) is 16.3 Å². The van der Waals surface area contributed by atoms with Gasteiger partial charge in [-0.15, -0.1) is 10.2 Å². The Morgan fingerprint density at radius 2 is 1.77 bits per heavy atom. The molecule has 1 aromatic heterocycles. The van der Waals surface area contributed by atoms with Crippen LogP contribution in [0.1, 0.15) is 36.1 Å². The number of aromatic nitrogens is 2. The molecule has 2 amide bonds. The standard InChI is InChI=1S/C21H21ClN4O3S/c1-4-17-25-26-20(30-17)24-18(27)15-7-5-6-8-16(15)23-19(28)21(2,3)29-14-11-9-13(22)10-12-14/h5-12H,4H2,1-3H3,(H,23,28)(H,24,26,27). The number of aryl methyl sites for hydroxylation is 1. The predicted molar refractivity (Wildman–Crippen MR) is 118 cm³/mol. The first kappa shape index (κ1) is 21.7. The van der Waals surface area contributed by atoms with Crippen molar-refractivity contribution in [1.29, 1.82) is 0 Å². The number of benzene rings is 2. The second-order valence-electron chi connectivity index (χ2n) is 6.87. The molecule has 0 aliphatic heterocycles. The molecule has 0 saturated carbocycles. The summed E-state index contributed by atoms with van der Waals surface area (Å²) in [5.41, 5.74) is -0.512. The molecule has 0 aliphatic rings. The SMILES string of the molecule is CCc1nnc(NC(=O)c2ccccc2NC(=O)C(C)(C)Oc2ccc(Cl)cc2)s1. The fourth-order valence-electron chi connectivity index (χ4n) is 2.52. The number of carbonyl (C=O) groups is 2. The second-order valence-corrected chi connectivity index (χ2v) is 8.37. The van der Waals surface area contributed by atoms with Crippen LogP contribution in [0.25, 0.3) is 0 Å². The summed E-state index contributed by atoms with van der Waals surface area (Å²) in [5.74, 6) is -0.281. The van der Waals surface area contributed by atoms with E-state index in [0.29, 0.717) is 27.2 Å². The van der Waals surface area contributed by atoms with Gasteiger partial charge in [-0.2, -0.15) is 0 Å². The van der Waals surface area contributed by atoms with Crippen LogP contribution in [-0.2, 0) is 11.2 Å². The normalized spacial score (nSPS) is 11.1. The van der Waals surface area contributed by atoms with Gasteiger partial charge in [-0.25, -0.2) is 0 Å². The van der Waals surface area contributed by atoms with Gasteiger partial charge in [-0.1, -0.05) is 42.0 Å². The number of carbonyl (C=O) groups excluding carboxylic acids is 2.